The molecule has 0 radical (unpaired) electrons. The molecule has 0 aliphatic carbocycles. The van der Waals surface area contributed by atoms with Crippen molar-refractivity contribution in [2.45, 2.75) is 58.7 Å². The normalized spacial score (nSPS) is 11.4. The zero-order valence-corrected chi connectivity index (χ0v) is 20.3. The number of ether oxygens (including phenoxy) is 2. The SMILES string of the molecule is CCn1c(CCCc2ccc(OC(C)(C)C(=O)OC)cc2)nn(Cc2cccc(Cl)c2)c1=O. The van der Waals surface area contributed by atoms with Gasteiger partial charge in [0, 0.05) is 18.0 Å². The van der Waals surface area contributed by atoms with E-state index in [0.717, 1.165) is 29.8 Å². The number of aryl methyl sites for hydroxylation is 2. The standard InChI is InChI=1S/C25H30ClN3O4/c1-5-28-22(27-29(24(28)31)17-19-9-6-10-20(26)16-19)11-7-8-18-12-14-21(15-13-18)33-25(2,3)23(30)32-4/h6,9-10,12-16H,5,7-8,11,17H2,1-4H3. The van der Waals surface area contributed by atoms with E-state index >= 15 is 0 Å². The molecule has 0 bridgehead atoms. The Morgan fingerprint density at radius 3 is 2.45 bits per heavy atom. The predicted molar refractivity (Wildman–Crippen MR) is 128 cm³/mol. The largest absolute Gasteiger partial charge is 0.476 e. The monoisotopic (exact) mass is 471 g/mol. The van der Waals surface area contributed by atoms with E-state index in [-0.39, 0.29) is 5.69 Å². The third kappa shape index (κ3) is 6.26. The first kappa shape index (κ1) is 24.6. The summed E-state index contributed by atoms with van der Waals surface area (Å²) < 4.78 is 13.7. The van der Waals surface area contributed by atoms with E-state index in [1.807, 2.05) is 55.5 Å². The molecule has 0 amide bonds. The smallest absolute Gasteiger partial charge is 0.349 e. The van der Waals surface area contributed by atoms with Gasteiger partial charge in [-0.1, -0.05) is 35.9 Å². The molecule has 1 heterocycles. The number of nitrogens with zero attached hydrogens (tertiary/aromatic N) is 3. The second kappa shape index (κ2) is 10.7. The number of esters is 1. The van der Waals surface area contributed by atoms with Gasteiger partial charge in [0.2, 0.25) is 0 Å². The molecule has 33 heavy (non-hydrogen) atoms. The van der Waals surface area contributed by atoms with Crippen LogP contribution in [0.2, 0.25) is 5.02 Å². The highest BCUT2D eigenvalue weighted by Gasteiger charge is 2.30. The number of benzene rings is 2. The van der Waals surface area contributed by atoms with Gasteiger partial charge < -0.3 is 9.47 Å². The first-order chi connectivity index (χ1) is 15.7. The molecular formula is C25H30ClN3O4. The molecule has 0 saturated carbocycles. The van der Waals surface area contributed by atoms with Gasteiger partial charge in [-0.25, -0.2) is 14.3 Å². The molecule has 0 N–H and O–H groups in total. The molecule has 0 unspecified atom stereocenters. The Labute approximate surface area is 198 Å². The van der Waals surface area contributed by atoms with E-state index in [1.54, 1.807) is 18.4 Å². The van der Waals surface area contributed by atoms with Gasteiger partial charge in [0.05, 0.1) is 13.7 Å². The second-order valence-corrected chi connectivity index (χ2v) is 8.77. The molecule has 0 spiro atoms. The average molecular weight is 472 g/mol. The molecule has 2 aromatic carbocycles. The van der Waals surface area contributed by atoms with Gasteiger partial charge in [0.1, 0.15) is 11.6 Å². The quantitative estimate of drug-likeness (QED) is 0.413. The summed E-state index contributed by atoms with van der Waals surface area (Å²) in [6.07, 6.45) is 2.38. The number of hydrogen-bond donors (Lipinski definition) is 0. The van der Waals surface area contributed by atoms with E-state index in [0.29, 0.717) is 30.3 Å². The number of rotatable bonds is 10. The third-order valence-electron chi connectivity index (χ3n) is 5.38. The van der Waals surface area contributed by atoms with Crippen LogP contribution in [-0.4, -0.2) is 33.0 Å². The van der Waals surface area contributed by atoms with E-state index in [2.05, 4.69) is 5.10 Å². The fourth-order valence-corrected chi connectivity index (χ4v) is 3.87. The molecular weight excluding hydrogens is 442 g/mol. The molecule has 0 aliphatic rings. The van der Waals surface area contributed by atoms with E-state index < -0.39 is 11.6 Å². The van der Waals surface area contributed by atoms with Crippen molar-refractivity contribution >= 4 is 17.6 Å². The lowest BCUT2D eigenvalue weighted by molar-refractivity contribution is -0.156. The van der Waals surface area contributed by atoms with E-state index in [9.17, 15) is 9.59 Å². The second-order valence-electron chi connectivity index (χ2n) is 8.33. The summed E-state index contributed by atoms with van der Waals surface area (Å²) in [6, 6.07) is 15.1. The van der Waals surface area contributed by atoms with Gasteiger partial charge in [0.25, 0.3) is 0 Å². The van der Waals surface area contributed by atoms with Crippen molar-refractivity contribution in [1.29, 1.82) is 0 Å². The molecule has 7 nitrogen and oxygen atoms in total. The van der Waals surface area contributed by atoms with Crippen LogP contribution >= 0.6 is 11.6 Å². The van der Waals surface area contributed by atoms with E-state index in [1.165, 1.54) is 11.8 Å². The summed E-state index contributed by atoms with van der Waals surface area (Å²) in [4.78, 5) is 24.5. The molecule has 0 saturated heterocycles. The maximum atomic E-state index is 12.7. The van der Waals surface area contributed by atoms with Crippen LogP contribution in [0.4, 0.5) is 0 Å². The summed E-state index contributed by atoms with van der Waals surface area (Å²) in [5, 5.41) is 5.22. The highest BCUT2D eigenvalue weighted by Crippen LogP contribution is 2.21. The fourth-order valence-electron chi connectivity index (χ4n) is 3.66. The molecule has 1 aromatic heterocycles. The van der Waals surface area contributed by atoms with Crippen molar-refractivity contribution in [3.8, 4) is 5.75 Å². The highest BCUT2D eigenvalue weighted by atomic mass is 35.5. The minimum absolute atomic E-state index is 0.109. The molecule has 0 fully saturated rings. The maximum Gasteiger partial charge on any atom is 0.349 e. The predicted octanol–water partition coefficient (Wildman–Crippen LogP) is 4.27. The fraction of sp³-hybridized carbons (Fsp3) is 0.400. The first-order valence-electron chi connectivity index (χ1n) is 11.0. The van der Waals surface area contributed by atoms with Crippen LogP contribution in [0.5, 0.6) is 5.75 Å². The van der Waals surface area contributed by atoms with Crippen LogP contribution in [0.15, 0.2) is 53.3 Å². The lowest BCUT2D eigenvalue weighted by Crippen LogP contribution is -2.39. The highest BCUT2D eigenvalue weighted by molar-refractivity contribution is 6.30. The van der Waals surface area contributed by atoms with Crippen LogP contribution in [0.3, 0.4) is 0 Å². The average Bonchev–Trinajstić information content (AvgIpc) is 3.08. The van der Waals surface area contributed by atoms with Gasteiger partial charge in [-0.2, -0.15) is 5.10 Å². The minimum atomic E-state index is -1.05. The van der Waals surface area contributed by atoms with Crippen molar-refractivity contribution in [2.75, 3.05) is 7.11 Å². The molecule has 176 valence electrons. The lowest BCUT2D eigenvalue weighted by Gasteiger charge is -2.23. The molecule has 8 heteroatoms. The number of carbonyl (C=O) groups is 1. The van der Waals surface area contributed by atoms with Gasteiger partial charge >= 0.3 is 11.7 Å². The Balaban J connectivity index is 1.61. The third-order valence-corrected chi connectivity index (χ3v) is 5.61. The molecule has 3 rings (SSSR count). The van der Waals surface area contributed by atoms with Crippen LogP contribution < -0.4 is 10.4 Å². The van der Waals surface area contributed by atoms with Crippen molar-refractivity contribution in [1.82, 2.24) is 14.3 Å². The minimum Gasteiger partial charge on any atom is -0.476 e. The van der Waals surface area contributed by atoms with Crippen molar-refractivity contribution in [2.24, 2.45) is 0 Å². The Morgan fingerprint density at radius 2 is 1.82 bits per heavy atom. The summed E-state index contributed by atoms with van der Waals surface area (Å²) >= 11 is 6.06. The summed E-state index contributed by atoms with van der Waals surface area (Å²) in [6.45, 7) is 6.26. The zero-order chi connectivity index (χ0) is 24.0. The number of methoxy groups -OCH3 is 1. The number of halogens is 1. The molecule has 0 aliphatic heterocycles. The van der Waals surface area contributed by atoms with Crippen LogP contribution in [0.25, 0.3) is 0 Å². The zero-order valence-electron chi connectivity index (χ0n) is 19.5. The van der Waals surface area contributed by atoms with Gasteiger partial charge in [-0.15, -0.1) is 0 Å². The molecule has 0 atom stereocenters. The molecule has 3 aromatic rings. The van der Waals surface area contributed by atoms with Crippen LogP contribution in [0, 0.1) is 0 Å². The topological polar surface area (TPSA) is 75.3 Å². The maximum absolute atomic E-state index is 12.7. The first-order valence-corrected chi connectivity index (χ1v) is 11.4. The van der Waals surface area contributed by atoms with Crippen LogP contribution in [0.1, 0.15) is 44.1 Å². The van der Waals surface area contributed by atoms with Crippen molar-refractivity contribution in [3.63, 3.8) is 0 Å². The summed E-state index contributed by atoms with van der Waals surface area (Å²) in [5.41, 5.74) is 0.919. The summed E-state index contributed by atoms with van der Waals surface area (Å²) in [5.74, 6) is 0.960. The number of hydrogen-bond acceptors (Lipinski definition) is 5. The van der Waals surface area contributed by atoms with Gasteiger partial charge in [-0.3, -0.25) is 4.57 Å². The Hall–Kier alpha value is -3.06. The number of aromatic nitrogens is 3. The Morgan fingerprint density at radius 1 is 1.09 bits per heavy atom. The van der Waals surface area contributed by atoms with E-state index in [4.69, 9.17) is 21.1 Å². The van der Waals surface area contributed by atoms with Gasteiger partial charge in [0.15, 0.2) is 5.60 Å². The lowest BCUT2D eigenvalue weighted by atomic mass is 10.1. The summed E-state index contributed by atoms with van der Waals surface area (Å²) in [7, 11) is 1.34. The van der Waals surface area contributed by atoms with Crippen LogP contribution in [-0.2, 0) is 35.5 Å². The van der Waals surface area contributed by atoms with Gasteiger partial charge in [-0.05, 0) is 69.0 Å². The Kier molecular flexibility index (Phi) is 7.97. The Bertz CT molecular complexity index is 1150. The van der Waals surface area contributed by atoms with Crippen molar-refractivity contribution < 1.29 is 14.3 Å². The number of carbonyl (C=O) groups excluding carboxylic acids is 1. The van der Waals surface area contributed by atoms with Crippen molar-refractivity contribution in [3.05, 3.63) is 81.0 Å².